The molecule has 0 aliphatic rings. The normalized spacial score (nSPS) is 11.0. The van der Waals surface area contributed by atoms with Crippen molar-refractivity contribution in [3.05, 3.63) is 52.8 Å². The Kier molecular flexibility index (Phi) is 3.53. The van der Waals surface area contributed by atoms with E-state index in [2.05, 4.69) is 9.71 Å². The summed E-state index contributed by atoms with van der Waals surface area (Å²) in [6.45, 7) is 0. The summed E-state index contributed by atoms with van der Waals surface area (Å²) in [5.74, 6) is 0. The van der Waals surface area contributed by atoms with Crippen LogP contribution in [0.2, 0.25) is 0 Å². The monoisotopic (exact) mass is 294 g/mol. The summed E-state index contributed by atoms with van der Waals surface area (Å²) >= 11 is 0. The van der Waals surface area contributed by atoms with E-state index in [-0.39, 0.29) is 22.0 Å². The van der Waals surface area contributed by atoms with E-state index in [1.165, 1.54) is 18.5 Å². The fourth-order valence-corrected chi connectivity index (χ4v) is 2.58. The van der Waals surface area contributed by atoms with E-state index in [1.807, 2.05) is 0 Å². The van der Waals surface area contributed by atoms with Gasteiger partial charge in [-0.1, -0.05) is 0 Å². The molecule has 1 aromatic carbocycles. The second-order valence-electron chi connectivity index (χ2n) is 3.82. The Morgan fingerprint density at radius 2 is 2.05 bits per heavy atom. The van der Waals surface area contributed by atoms with E-state index in [0.717, 1.165) is 18.2 Å². The predicted molar refractivity (Wildman–Crippen MR) is 72.6 cm³/mol. The van der Waals surface area contributed by atoms with Crippen molar-refractivity contribution in [2.24, 2.45) is 0 Å². The molecule has 1 heterocycles. The first kappa shape index (κ1) is 13.7. The maximum Gasteiger partial charge on any atom is 0.292 e. The topological polar surface area (TPSA) is 128 Å². The molecule has 20 heavy (non-hydrogen) atoms. The third-order valence-electron chi connectivity index (χ3n) is 2.42. The lowest BCUT2D eigenvalue weighted by atomic mass is 10.3. The Hall–Kier alpha value is -2.68. The molecule has 9 heteroatoms. The number of pyridine rings is 1. The smallest absolute Gasteiger partial charge is 0.292 e. The molecular weight excluding hydrogens is 284 g/mol. The highest BCUT2D eigenvalue weighted by Crippen LogP contribution is 2.25. The average molecular weight is 294 g/mol. The van der Waals surface area contributed by atoms with Gasteiger partial charge in [0.05, 0.1) is 21.7 Å². The summed E-state index contributed by atoms with van der Waals surface area (Å²) in [6, 6.07) is 6.30. The van der Waals surface area contributed by atoms with Gasteiger partial charge in [-0.2, -0.15) is 0 Å². The first-order valence-electron chi connectivity index (χ1n) is 5.37. The molecule has 0 aliphatic heterocycles. The Morgan fingerprint density at radius 1 is 1.30 bits per heavy atom. The van der Waals surface area contributed by atoms with E-state index in [9.17, 15) is 18.5 Å². The molecule has 2 aromatic rings. The minimum Gasteiger partial charge on any atom is -0.393 e. The number of nitro benzene ring substituents is 1. The largest absolute Gasteiger partial charge is 0.393 e. The molecule has 0 aliphatic carbocycles. The third kappa shape index (κ3) is 2.83. The van der Waals surface area contributed by atoms with E-state index in [0.29, 0.717) is 0 Å². The summed E-state index contributed by atoms with van der Waals surface area (Å²) in [5, 5.41) is 10.6. The van der Waals surface area contributed by atoms with Crippen molar-refractivity contribution in [1.29, 1.82) is 0 Å². The van der Waals surface area contributed by atoms with Gasteiger partial charge in [0.2, 0.25) is 0 Å². The zero-order valence-electron chi connectivity index (χ0n) is 10.1. The number of rotatable bonds is 4. The lowest BCUT2D eigenvalue weighted by molar-refractivity contribution is -0.383. The molecule has 8 nitrogen and oxygen atoms in total. The number of nitrogens with one attached hydrogen (secondary N) is 1. The molecule has 1 aromatic heterocycles. The van der Waals surface area contributed by atoms with Crippen molar-refractivity contribution in [2.75, 3.05) is 10.5 Å². The van der Waals surface area contributed by atoms with Crippen LogP contribution in [-0.4, -0.2) is 18.3 Å². The standard InChI is InChI=1S/C11H10N4O4S/c12-10-6-9(3-4-11(10)15(16)17)20(18,19)14-8-2-1-5-13-7-8/h1-7,14H,12H2. The maximum atomic E-state index is 12.1. The zero-order valence-corrected chi connectivity index (χ0v) is 10.9. The van der Waals surface area contributed by atoms with Crippen LogP contribution in [0.3, 0.4) is 0 Å². The van der Waals surface area contributed by atoms with Gasteiger partial charge in [-0.25, -0.2) is 8.42 Å². The fourth-order valence-electron chi connectivity index (χ4n) is 1.50. The zero-order chi connectivity index (χ0) is 14.8. The number of nitrogen functional groups attached to an aromatic ring is 1. The Bertz CT molecular complexity index is 746. The van der Waals surface area contributed by atoms with Crippen molar-refractivity contribution in [3.63, 3.8) is 0 Å². The second-order valence-corrected chi connectivity index (χ2v) is 5.51. The van der Waals surface area contributed by atoms with Gasteiger partial charge in [0.1, 0.15) is 5.69 Å². The number of nitro groups is 1. The molecule has 0 spiro atoms. The van der Waals surface area contributed by atoms with Gasteiger partial charge in [-0.05, 0) is 24.3 Å². The SMILES string of the molecule is Nc1cc(S(=O)(=O)Nc2cccnc2)ccc1[N+](=O)[O-]. The maximum absolute atomic E-state index is 12.1. The van der Waals surface area contributed by atoms with Crippen LogP contribution in [0, 0.1) is 10.1 Å². The van der Waals surface area contributed by atoms with E-state index in [4.69, 9.17) is 5.73 Å². The minimum absolute atomic E-state index is 0.163. The van der Waals surface area contributed by atoms with Gasteiger partial charge < -0.3 is 5.73 Å². The molecule has 2 rings (SSSR count). The lowest BCUT2D eigenvalue weighted by Crippen LogP contribution is -2.13. The van der Waals surface area contributed by atoms with Crippen molar-refractivity contribution >= 4 is 27.1 Å². The summed E-state index contributed by atoms with van der Waals surface area (Å²) in [5.41, 5.74) is 5.19. The van der Waals surface area contributed by atoms with Crippen molar-refractivity contribution in [1.82, 2.24) is 4.98 Å². The van der Waals surface area contributed by atoms with Gasteiger partial charge in [-0.3, -0.25) is 19.8 Å². The van der Waals surface area contributed by atoms with Crippen LogP contribution in [0.25, 0.3) is 0 Å². The number of aromatic nitrogens is 1. The third-order valence-corrected chi connectivity index (χ3v) is 3.80. The molecular formula is C11H10N4O4S. The number of nitrogens with zero attached hydrogens (tertiary/aromatic N) is 2. The summed E-state index contributed by atoms with van der Waals surface area (Å²) in [7, 11) is -3.87. The molecule has 0 saturated heterocycles. The van der Waals surface area contributed by atoms with Gasteiger partial charge in [0, 0.05) is 12.3 Å². The first-order valence-corrected chi connectivity index (χ1v) is 6.85. The summed E-state index contributed by atoms with van der Waals surface area (Å²) < 4.78 is 26.4. The summed E-state index contributed by atoms with van der Waals surface area (Å²) in [6.07, 6.45) is 2.84. The molecule has 0 fully saturated rings. The minimum atomic E-state index is -3.87. The lowest BCUT2D eigenvalue weighted by Gasteiger charge is -2.08. The molecule has 3 N–H and O–H groups in total. The number of hydrogen-bond donors (Lipinski definition) is 2. The molecule has 0 unspecified atom stereocenters. The number of benzene rings is 1. The van der Waals surface area contributed by atoms with E-state index >= 15 is 0 Å². The van der Waals surface area contributed by atoms with Crippen LogP contribution in [-0.2, 0) is 10.0 Å². The summed E-state index contributed by atoms with van der Waals surface area (Å²) in [4.78, 5) is 13.6. The fraction of sp³-hybridized carbons (Fsp3) is 0. The highest BCUT2D eigenvalue weighted by Gasteiger charge is 2.19. The van der Waals surface area contributed by atoms with Gasteiger partial charge in [-0.15, -0.1) is 0 Å². The molecule has 0 amide bonds. The van der Waals surface area contributed by atoms with E-state index < -0.39 is 14.9 Å². The molecule has 0 atom stereocenters. The molecule has 0 bridgehead atoms. The Balaban J connectivity index is 2.35. The number of sulfonamides is 1. The Labute approximate surface area is 114 Å². The quantitative estimate of drug-likeness (QED) is 0.498. The van der Waals surface area contributed by atoms with Crippen LogP contribution >= 0.6 is 0 Å². The second kappa shape index (κ2) is 5.13. The number of hydrogen-bond acceptors (Lipinski definition) is 6. The number of anilines is 2. The van der Waals surface area contributed by atoms with E-state index in [1.54, 1.807) is 6.07 Å². The van der Waals surface area contributed by atoms with Crippen molar-refractivity contribution < 1.29 is 13.3 Å². The number of nitrogens with two attached hydrogens (primary N) is 1. The van der Waals surface area contributed by atoms with Crippen LogP contribution in [0.4, 0.5) is 17.1 Å². The highest BCUT2D eigenvalue weighted by atomic mass is 32.2. The van der Waals surface area contributed by atoms with Crippen molar-refractivity contribution in [3.8, 4) is 0 Å². The van der Waals surface area contributed by atoms with Crippen LogP contribution < -0.4 is 10.5 Å². The predicted octanol–water partition coefficient (Wildman–Crippen LogP) is 1.37. The molecule has 104 valence electrons. The molecule has 0 saturated carbocycles. The van der Waals surface area contributed by atoms with Gasteiger partial charge >= 0.3 is 0 Å². The van der Waals surface area contributed by atoms with Crippen LogP contribution in [0.15, 0.2) is 47.6 Å². The average Bonchev–Trinajstić information content (AvgIpc) is 2.38. The van der Waals surface area contributed by atoms with Gasteiger partial charge in [0.25, 0.3) is 15.7 Å². The first-order chi connectivity index (χ1) is 9.40. The Morgan fingerprint density at radius 3 is 2.60 bits per heavy atom. The van der Waals surface area contributed by atoms with Crippen LogP contribution in [0.5, 0.6) is 0 Å². The molecule has 0 radical (unpaired) electrons. The van der Waals surface area contributed by atoms with Crippen molar-refractivity contribution in [2.45, 2.75) is 4.90 Å². The van der Waals surface area contributed by atoms with Crippen LogP contribution in [0.1, 0.15) is 0 Å². The highest BCUT2D eigenvalue weighted by molar-refractivity contribution is 7.92. The van der Waals surface area contributed by atoms with Gasteiger partial charge in [0.15, 0.2) is 0 Å².